The summed E-state index contributed by atoms with van der Waals surface area (Å²) in [6.45, 7) is 6.39. The SMILES string of the molecule is CCCN(CCC)C([S-])[S-].[Ni+3].c1ccc([PH+](c2ccccc2)c2ccccc2)cc1.c1ccc([PH+](c2ccccc2)c2ccccc2)cc1. The van der Waals surface area contributed by atoms with E-state index in [9.17, 15) is 0 Å². The average Bonchev–Trinajstić information content (AvgIpc) is 3.15. The molecule has 0 aliphatic rings. The predicted molar refractivity (Wildman–Crippen MR) is 224 cm³/mol. The predicted octanol–water partition coefficient (Wildman–Crippen LogP) is 7.84. The number of nitrogens with zero attached hydrogens (tertiary/aromatic N) is 1. The quantitative estimate of drug-likeness (QED) is 0.0753. The molecule has 1 radical (unpaired) electrons. The van der Waals surface area contributed by atoms with Crippen molar-refractivity contribution in [2.24, 2.45) is 0 Å². The summed E-state index contributed by atoms with van der Waals surface area (Å²) in [6.07, 6.45) is 2.29. The first-order valence-electron chi connectivity index (χ1n) is 16.7. The molecule has 49 heavy (non-hydrogen) atoms. The summed E-state index contributed by atoms with van der Waals surface area (Å²) < 4.78 is -0.111. The van der Waals surface area contributed by atoms with Crippen molar-refractivity contribution < 1.29 is 16.5 Å². The van der Waals surface area contributed by atoms with Crippen molar-refractivity contribution in [3.05, 3.63) is 182 Å². The van der Waals surface area contributed by atoms with Crippen LogP contribution in [0.5, 0.6) is 0 Å². The zero-order valence-corrected chi connectivity index (χ0v) is 32.9. The largest absolute Gasteiger partial charge is 3.00 e. The molecule has 0 atom stereocenters. The molecule has 253 valence electrons. The molecule has 0 saturated carbocycles. The Kier molecular flexibility index (Phi) is 19.7. The molecule has 0 aliphatic heterocycles. The molecule has 0 saturated heterocycles. The van der Waals surface area contributed by atoms with E-state index in [0.717, 1.165) is 25.9 Å². The van der Waals surface area contributed by atoms with Crippen LogP contribution in [0.25, 0.3) is 0 Å². The fourth-order valence-electron chi connectivity index (χ4n) is 5.53. The van der Waals surface area contributed by atoms with Crippen LogP contribution in [0.4, 0.5) is 0 Å². The Bertz CT molecular complexity index is 1350. The molecule has 0 N–H and O–H groups in total. The third kappa shape index (κ3) is 13.5. The van der Waals surface area contributed by atoms with E-state index in [1.807, 2.05) is 0 Å². The van der Waals surface area contributed by atoms with Crippen molar-refractivity contribution in [3.63, 3.8) is 0 Å². The van der Waals surface area contributed by atoms with Crippen LogP contribution in [0, 0.1) is 0 Å². The minimum absolute atomic E-state index is 0. The Labute approximate surface area is 318 Å². The van der Waals surface area contributed by atoms with Gasteiger partial charge < -0.3 is 30.2 Å². The van der Waals surface area contributed by atoms with E-state index < -0.39 is 15.8 Å². The first-order valence-corrected chi connectivity index (χ1v) is 20.7. The van der Waals surface area contributed by atoms with Crippen molar-refractivity contribution in [2.45, 2.75) is 31.4 Å². The van der Waals surface area contributed by atoms with Crippen LogP contribution in [0.3, 0.4) is 0 Å². The van der Waals surface area contributed by atoms with Gasteiger partial charge in [-0.2, -0.15) is 0 Å². The fraction of sp³-hybridized carbons (Fsp3) is 0.163. The van der Waals surface area contributed by atoms with Gasteiger partial charge in [-0.25, -0.2) is 4.71 Å². The van der Waals surface area contributed by atoms with Gasteiger partial charge in [-0.05, 0) is 98.7 Å². The molecular formula is C43H47NNiP2S2+3. The van der Waals surface area contributed by atoms with Crippen LogP contribution in [-0.2, 0) is 41.7 Å². The normalized spacial score (nSPS) is 10.5. The topological polar surface area (TPSA) is 3.24 Å². The van der Waals surface area contributed by atoms with Crippen LogP contribution in [0.2, 0.25) is 0 Å². The molecule has 6 aromatic carbocycles. The molecule has 0 amide bonds. The Morgan fingerprint density at radius 1 is 0.388 bits per heavy atom. The van der Waals surface area contributed by atoms with Gasteiger partial charge in [-0.1, -0.05) is 123 Å². The van der Waals surface area contributed by atoms with E-state index in [1.165, 1.54) is 31.8 Å². The maximum atomic E-state index is 4.97. The van der Waals surface area contributed by atoms with E-state index in [4.69, 9.17) is 25.3 Å². The van der Waals surface area contributed by atoms with Gasteiger partial charge in [0.25, 0.3) is 0 Å². The van der Waals surface area contributed by atoms with E-state index in [1.54, 1.807) is 0 Å². The van der Waals surface area contributed by atoms with Crippen LogP contribution >= 0.6 is 15.8 Å². The maximum Gasteiger partial charge on any atom is 3.00 e. The molecule has 1 nitrogen and oxygen atoms in total. The maximum absolute atomic E-state index is 4.97. The van der Waals surface area contributed by atoms with Crippen LogP contribution < -0.4 is 31.8 Å². The summed E-state index contributed by atoms with van der Waals surface area (Å²) >= 11 is 9.94. The van der Waals surface area contributed by atoms with Crippen LogP contribution in [-0.4, -0.2) is 22.7 Å². The van der Waals surface area contributed by atoms with Gasteiger partial charge in [-0.15, -0.1) is 0 Å². The molecule has 0 fully saturated rings. The summed E-state index contributed by atoms with van der Waals surface area (Å²) in [5, 5.41) is 8.61. The van der Waals surface area contributed by atoms with Crippen molar-refractivity contribution in [1.29, 1.82) is 0 Å². The van der Waals surface area contributed by atoms with E-state index in [0.29, 0.717) is 0 Å². The smallest absolute Gasteiger partial charge is 0.800 e. The minimum Gasteiger partial charge on any atom is -0.800 e. The summed E-state index contributed by atoms with van der Waals surface area (Å²) in [6, 6.07) is 65.0. The average molecular weight is 763 g/mol. The van der Waals surface area contributed by atoms with Crippen molar-refractivity contribution in [2.75, 3.05) is 13.1 Å². The van der Waals surface area contributed by atoms with Crippen molar-refractivity contribution in [3.8, 4) is 0 Å². The Morgan fingerprint density at radius 2 is 0.571 bits per heavy atom. The number of rotatable bonds is 11. The van der Waals surface area contributed by atoms with E-state index in [-0.39, 0.29) is 21.2 Å². The van der Waals surface area contributed by atoms with Gasteiger partial charge in [0.1, 0.15) is 31.8 Å². The molecule has 0 unspecified atom stereocenters. The molecule has 6 rings (SSSR count). The Hall–Kier alpha value is -2.67. The zero-order valence-electron chi connectivity index (χ0n) is 28.3. The van der Waals surface area contributed by atoms with Crippen LogP contribution in [0.1, 0.15) is 26.7 Å². The Morgan fingerprint density at radius 3 is 0.714 bits per heavy atom. The molecule has 0 aliphatic carbocycles. The third-order valence-corrected chi connectivity index (χ3v) is 13.8. The summed E-state index contributed by atoms with van der Waals surface area (Å²) in [5.74, 6) is 0. The van der Waals surface area contributed by atoms with Crippen molar-refractivity contribution in [1.82, 2.24) is 4.90 Å². The number of hydrogen-bond acceptors (Lipinski definition) is 3. The molecule has 0 bridgehead atoms. The summed E-state index contributed by atoms with van der Waals surface area (Å²) in [5.41, 5.74) is 0. The van der Waals surface area contributed by atoms with Gasteiger partial charge in [0, 0.05) is 0 Å². The molecule has 0 spiro atoms. The molecule has 0 heterocycles. The molecule has 0 aromatic heterocycles. The minimum atomic E-state index is -0.877. The third-order valence-electron chi connectivity index (χ3n) is 7.69. The monoisotopic (exact) mass is 761 g/mol. The van der Waals surface area contributed by atoms with Gasteiger partial charge in [0.15, 0.2) is 0 Å². The Balaban J connectivity index is 0.000000208. The molecule has 6 heteroatoms. The second-order valence-corrected chi connectivity index (χ2v) is 17.4. The second-order valence-electron chi connectivity index (χ2n) is 11.3. The van der Waals surface area contributed by atoms with E-state index in [2.05, 4.69) is 201 Å². The standard InChI is InChI=1S/2C18H15P.C7H17NS2.Ni/c2*1-4-10-16(11-5-1)19(17-12-6-2-7-13-17)18-14-8-3-9-15-18;1-3-5-8(6-4-2)7(9)10;/h2*1-15H;7,9-10H,3-6H2,1-2H3;/q;;;+3. The number of hydrogen-bond donors (Lipinski definition) is 0. The van der Waals surface area contributed by atoms with Crippen molar-refractivity contribution >= 4 is 72.9 Å². The van der Waals surface area contributed by atoms with Gasteiger partial charge in [0.05, 0.1) is 15.8 Å². The van der Waals surface area contributed by atoms with Gasteiger partial charge >= 0.3 is 16.5 Å². The second kappa shape index (κ2) is 23.7. The van der Waals surface area contributed by atoms with Crippen LogP contribution in [0.15, 0.2) is 182 Å². The number of benzene rings is 6. The first kappa shape index (κ1) is 40.8. The summed E-state index contributed by atoms with van der Waals surface area (Å²) in [4.78, 5) is 2.16. The molecule has 6 aromatic rings. The van der Waals surface area contributed by atoms with E-state index >= 15 is 0 Å². The first-order chi connectivity index (χ1) is 23.6. The fourth-order valence-corrected chi connectivity index (χ4v) is 11.1. The molecular weight excluding hydrogens is 715 g/mol. The van der Waals surface area contributed by atoms with Gasteiger partial charge in [-0.3, -0.25) is 0 Å². The summed E-state index contributed by atoms with van der Waals surface area (Å²) in [7, 11) is -1.75. The zero-order chi connectivity index (χ0) is 33.8. The van der Waals surface area contributed by atoms with Gasteiger partial charge in [0.2, 0.25) is 0 Å².